The lowest BCUT2D eigenvalue weighted by molar-refractivity contribution is -0.384. The monoisotopic (exact) mass is 251 g/mol. The smallest absolute Gasteiger partial charge is 0.323 e. The van der Waals surface area contributed by atoms with Crippen molar-refractivity contribution in [1.29, 1.82) is 0 Å². The van der Waals surface area contributed by atoms with Gasteiger partial charge in [-0.2, -0.15) is 0 Å². The highest BCUT2D eigenvalue weighted by atomic mass is 35.5. The van der Waals surface area contributed by atoms with Crippen LogP contribution in [0.4, 0.5) is 20.2 Å². The molecule has 0 spiro atoms. The first-order valence-electron chi connectivity index (χ1n) is 3.77. The highest BCUT2D eigenvalue weighted by Gasteiger charge is 2.29. The molecule has 16 heavy (non-hydrogen) atoms. The number of anilines is 1. The maximum absolute atomic E-state index is 12.3. The van der Waals surface area contributed by atoms with Crippen molar-refractivity contribution in [2.24, 2.45) is 0 Å². The molecular formula is C7H4ClF2N3O3. The van der Waals surface area contributed by atoms with E-state index in [4.69, 9.17) is 17.3 Å². The number of carbonyl (C=O) groups excluding carboxylic acids is 1. The fraction of sp³-hybridized carbons (Fsp3) is 0.143. The van der Waals surface area contributed by atoms with Gasteiger partial charge in [-0.15, -0.1) is 0 Å². The number of rotatable bonds is 3. The Balaban J connectivity index is 3.54. The Morgan fingerprint density at radius 1 is 1.62 bits per heavy atom. The summed E-state index contributed by atoms with van der Waals surface area (Å²) in [6, 6.07) is 0. The van der Waals surface area contributed by atoms with E-state index in [1.165, 1.54) is 0 Å². The molecular weight excluding hydrogens is 248 g/mol. The maximum Gasteiger partial charge on any atom is 0.323 e. The quantitative estimate of drug-likeness (QED) is 0.502. The van der Waals surface area contributed by atoms with Gasteiger partial charge in [-0.05, 0) is 11.6 Å². The van der Waals surface area contributed by atoms with E-state index in [9.17, 15) is 23.7 Å². The largest absolute Gasteiger partial charge is 0.393 e. The lowest BCUT2D eigenvalue weighted by atomic mass is 10.2. The standard InChI is InChI=1S/C7H4ClF2N3O3/c8-6(14)4-5(13(15)16)3(11)2(1-12-4)7(9)10/h1,7H,(H2,11,12). The Morgan fingerprint density at radius 2 is 2.19 bits per heavy atom. The molecule has 0 saturated heterocycles. The summed E-state index contributed by atoms with van der Waals surface area (Å²) in [5, 5.41) is 9.31. The van der Waals surface area contributed by atoms with Crippen molar-refractivity contribution in [2.45, 2.75) is 6.43 Å². The van der Waals surface area contributed by atoms with Crippen LogP contribution in [-0.4, -0.2) is 15.1 Å². The average Bonchev–Trinajstić information content (AvgIpc) is 2.15. The molecule has 0 aliphatic rings. The zero-order valence-electron chi connectivity index (χ0n) is 7.49. The number of aromatic nitrogens is 1. The number of nitrogens with zero attached hydrogens (tertiary/aromatic N) is 2. The summed E-state index contributed by atoms with van der Waals surface area (Å²) in [6.45, 7) is 0. The van der Waals surface area contributed by atoms with Crippen molar-refractivity contribution in [3.8, 4) is 0 Å². The average molecular weight is 252 g/mol. The van der Waals surface area contributed by atoms with E-state index in [0.29, 0.717) is 6.20 Å². The van der Waals surface area contributed by atoms with E-state index in [0.717, 1.165) is 0 Å². The predicted molar refractivity (Wildman–Crippen MR) is 50.4 cm³/mol. The maximum atomic E-state index is 12.3. The van der Waals surface area contributed by atoms with Crippen LogP contribution in [0.5, 0.6) is 0 Å². The van der Waals surface area contributed by atoms with E-state index >= 15 is 0 Å². The van der Waals surface area contributed by atoms with Crippen molar-refractivity contribution in [1.82, 2.24) is 4.98 Å². The fourth-order valence-electron chi connectivity index (χ4n) is 1.03. The zero-order chi connectivity index (χ0) is 12.5. The van der Waals surface area contributed by atoms with Crippen LogP contribution in [0.15, 0.2) is 6.20 Å². The van der Waals surface area contributed by atoms with Crippen LogP contribution >= 0.6 is 11.6 Å². The minimum absolute atomic E-state index is 0.586. The van der Waals surface area contributed by atoms with Crippen LogP contribution in [-0.2, 0) is 0 Å². The van der Waals surface area contributed by atoms with Crippen molar-refractivity contribution in [3.63, 3.8) is 0 Å². The topological polar surface area (TPSA) is 99.1 Å². The summed E-state index contributed by atoms with van der Waals surface area (Å²) in [4.78, 5) is 23.4. The van der Waals surface area contributed by atoms with E-state index in [1.807, 2.05) is 0 Å². The Labute approximate surface area is 92.2 Å². The Bertz CT molecular complexity index is 466. The van der Waals surface area contributed by atoms with Crippen LogP contribution in [0.25, 0.3) is 0 Å². The summed E-state index contributed by atoms with van der Waals surface area (Å²) in [6.07, 6.45) is -2.44. The number of alkyl halides is 2. The fourth-order valence-corrected chi connectivity index (χ4v) is 1.17. The second-order valence-electron chi connectivity index (χ2n) is 2.66. The molecule has 0 amide bonds. The van der Waals surface area contributed by atoms with Crippen LogP contribution in [0, 0.1) is 10.1 Å². The third kappa shape index (κ3) is 2.06. The Hall–Kier alpha value is -1.83. The molecule has 2 N–H and O–H groups in total. The summed E-state index contributed by atoms with van der Waals surface area (Å²) in [7, 11) is 0. The lowest BCUT2D eigenvalue weighted by Crippen LogP contribution is -2.08. The zero-order valence-corrected chi connectivity index (χ0v) is 8.24. The SMILES string of the molecule is Nc1c(C(F)F)cnc(C(=O)Cl)c1[N+](=O)[O-]. The van der Waals surface area contributed by atoms with Gasteiger partial charge in [-0.1, -0.05) is 0 Å². The van der Waals surface area contributed by atoms with Gasteiger partial charge in [0.25, 0.3) is 11.7 Å². The first kappa shape index (κ1) is 12.2. The van der Waals surface area contributed by atoms with Crippen LogP contribution in [0.2, 0.25) is 0 Å². The van der Waals surface area contributed by atoms with Gasteiger partial charge in [0.05, 0.1) is 10.5 Å². The second kappa shape index (κ2) is 4.35. The van der Waals surface area contributed by atoms with Gasteiger partial charge in [0.2, 0.25) is 5.69 Å². The number of hydrogen-bond acceptors (Lipinski definition) is 5. The van der Waals surface area contributed by atoms with Gasteiger partial charge in [0.1, 0.15) is 5.69 Å². The third-order valence-corrected chi connectivity index (χ3v) is 1.91. The molecule has 0 aliphatic carbocycles. The van der Waals surface area contributed by atoms with E-state index in [-0.39, 0.29) is 0 Å². The molecule has 1 rings (SSSR count). The summed E-state index contributed by atoms with van der Waals surface area (Å²) >= 11 is 5.01. The van der Waals surface area contributed by atoms with Gasteiger partial charge in [-0.3, -0.25) is 14.9 Å². The van der Waals surface area contributed by atoms with E-state index in [2.05, 4.69) is 4.98 Å². The molecule has 0 atom stereocenters. The van der Waals surface area contributed by atoms with Gasteiger partial charge in [0.15, 0.2) is 0 Å². The molecule has 0 fully saturated rings. The van der Waals surface area contributed by atoms with Crippen LogP contribution < -0.4 is 5.73 Å². The molecule has 1 aromatic heterocycles. The van der Waals surface area contributed by atoms with Gasteiger partial charge in [0, 0.05) is 6.20 Å². The molecule has 0 aromatic carbocycles. The number of hydrogen-bond donors (Lipinski definition) is 1. The van der Waals surface area contributed by atoms with Gasteiger partial charge < -0.3 is 5.73 Å². The predicted octanol–water partition coefficient (Wildman–Crippen LogP) is 1.89. The molecule has 0 radical (unpaired) electrons. The van der Waals surface area contributed by atoms with Gasteiger partial charge in [-0.25, -0.2) is 13.8 Å². The summed E-state index contributed by atoms with van der Waals surface area (Å²) in [5.74, 6) is 0. The molecule has 86 valence electrons. The highest BCUT2D eigenvalue weighted by Crippen LogP contribution is 2.33. The van der Waals surface area contributed by atoms with Gasteiger partial charge >= 0.3 is 5.69 Å². The van der Waals surface area contributed by atoms with E-state index in [1.54, 1.807) is 0 Å². The molecule has 0 bridgehead atoms. The van der Waals surface area contributed by atoms with Crippen molar-refractivity contribution in [2.75, 3.05) is 5.73 Å². The molecule has 1 aromatic rings. The highest BCUT2D eigenvalue weighted by molar-refractivity contribution is 6.68. The van der Waals surface area contributed by atoms with Crippen LogP contribution in [0.3, 0.4) is 0 Å². The number of pyridine rings is 1. The van der Waals surface area contributed by atoms with E-state index < -0.39 is 39.2 Å². The summed E-state index contributed by atoms with van der Waals surface area (Å²) in [5.41, 5.74) is 1.78. The summed E-state index contributed by atoms with van der Waals surface area (Å²) < 4.78 is 24.7. The molecule has 1 heterocycles. The number of carbonyl (C=O) groups is 1. The minimum atomic E-state index is -3.02. The normalized spacial score (nSPS) is 10.5. The molecule has 0 saturated carbocycles. The number of nitro groups is 1. The van der Waals surface area contributed by atoms with Crippen molar-refractivity contribution >= 4 is 28.2 Å². The number of nitrogens with two attached hydrogens (primary N) is 1. The second-order valence-corrected chi connectivity index (χ2v) is 3.00. The van der Waals surface area contributed by atoms with Crippen molar-refractivity contribution in [3.05, 3.63) is 27.6 Å². The molecule has 9 heteroatoms. The molecule has 0 unspecified atom stereocenters. The third-order valence-electron chi connectivity index (χ3n) is 1.73. The Morgan fingerprint density at radius 3 is 2.56 bits per heavy atom. The van der Waals surface area contributed by atoms with Crippen LogP contribution in [0.1, 0.15) is 22.5 Å². The molecule has 6 nitrogen and oxygen atoms in total. The first-order chi connectivity index (χ1) is 7.36. The lowest BCUT2D eigenvalue weighted by Gasteiger charge is -2.05. The van der Waals surface area contributed by atoms with Crippen molar-refractivity contribution < 1.29 is 18.5 Å². The Kier molecular flexibility index (Phi) is 3.33. The number of halogens is 3. The first-order valence-corrected chi connectivity index (χ1v) is 4.14. The minimum Gasteiger partial charge on any atom is -0.393 e. The molecule has 0 aliphatic heterocycles. The number of nitrogen functional groups attached to an aromatic ring is 1.